The molecule has 0 bridgehead atoms. The maximum Gasteiger partial charge on any atom is 0.272 e. The molecule has 0 aliphatic rings. The maximum atomic E-state index is 10.5. The Bertz CT molecular complexity index is 339. The van der Waals surface area contributed by atoms with Crippen molar-refractivity contribution in [3.05, 3.63) is 39.4 Å². The molecule has 0 aliphatic carbocycles. The molecule has 0 fully saturated rings. The van der Waals surface area contributed by atoms with Crippen molar-refractivity contribution >= 4 is 28.9 Å². The Hall–Kier alpha value is -0.800. The molecule has 1 aromatic carbocycles. The molecule has 0 atom stereocenters. The van der Waals surface area contributed by atoms with E-state index in [4.69, 9.17) is 23.2 Å². The van der Waals surface area contributed by atoms with Crippen molar-refractivity contribution < 1.29 is 4.92 Å². The molecule has 5 heteroatoms. The van der Waals surface area contributed by atoms with Crippen molar-refractivity contribution in [2.75, 3.05) is 0 Å². The number of rotatable bonds is 2. The predicted molar refractivity (Wildman–Crippen MR) is 52.3 cm³/mol. The SMILES string of the molecule is Cc1ccc(C(Cl)Cl)cc1[N+](=O)[O-]. The number of benzene rings is 1. The van der Waals surface area contributed by atoms with Gasteiger partial charge in [0, 0.05) is 11.6 Å². The first kappa shape index (κ1) is 10.3. The molecule has 1 rings (SSSR count). The number of halogens is 2. The van der Waals surface area contributed by atoms with Crippen LogP contribution in [-0.4, -0.2) is 4.92 Å². The Kier molecular flexibility index (Phi) is 3.12. The van der Waals surface area contributed by atoms with E-state index in [-0.39, 0.29) is 5.69 Å². The topological polar surface area (TPSA) is 43.1 Å². The van der Waals surface area contributed by atoms with Gasteiger partial charge in [-0.15, -0.1) is 23.2 Å². The second-order valence-electron chi connectivity index (χ2n) is 2.60. The number of nitro benzene ring substituents is 1. The highest BCUT2D eigenvalue weighted by Crippen LogP contribution is 2.29. The lowest BCUT2D eigenvalue weighted by molar-refractivity contribution is -0.385. The van der Waals surface area contributed by atoms with Crippen LogP contribution in [0.2, 0.25) is 0 Å². The Morgan fingerprint density at radius 1 is 1.46 bits per heavy atom. The summed E-state index contributed by atoms with van der Waals surface area (Å²) in [7, 11) is 0. The summed E-state index contributed by atoms with van der Waals surface area (Å²) in [5.41, 5.74) is 1.19. The summed E-state index contributed by atoms with van der Waals surface area (Å²) in [5.74, 6) is 0. The van der Waals surface area contributed by atoms with Crippen LogP contribution in [0, 0.1) is 17.0 Å². The highest BCUT2D eigenvalue weighted by Gasteiger charge is 2.13. The minimum Gasteiger partial charge on any atom is -0.258 e. The number of hydrogen-bond donors (Lipinski definition) is 0. The maximum absolute atomic E-state index is 10.5. The smallest absolute Gasteiger partial charge is 0.258 e. The van der Waals surface area contributed by atoms with Crippen LogP contribution in [0.4, 0.5) is 5.69 Å². The van der Waals surface area contributed by atoms with Gasteiger partial charge in [0.2, 0.25) is 0 Å². The lowest BCUT2D eigenvalue weighted by atomic mass is 10.1. The largest absolute Gasteiger partial charge is 0.272 e. The van der Waals surface area contributed by atoms with Crippen molar-refractivity contribution in [3.63, 3.8) is 0 Å². The van der Waals surface area contributed by atoms with E-state index in [1.807, 2.05) is 0 Å². The van der Waals surface area contributed by atoms with Gasteiger partial charge < -0.3 is 0 Å². The van der Waals surface area contributed by atoms with Gasteiger partial charge in [0.1, 0.15) is 4.84 Å². The molecule has 0 N–H and O–H groups in total. The third-order valence-corrected chi connectivity index (χ3v) is 2.19. The second kappa shape index (κ2) is 3.94. The molecule has 0 unspecified atom stereocenters. The van der Waals surface area contributed by atoms with Gasteiger partial charge in [-0.1, -0.05) is 12.1 Å². The zero-order valence-electron chi connectivity index (χ0n) is 6.83. The van der Waals surface area contributed by atoms with Gasteiger partial charge in [-0.25, -0.2) is 0 Å². The third-order valence-electron chi connectivity index (χ3n) is 1.68. The first-order chi connectivity index (χ1) is 6.02. The van der Waals surface area contributed by atoms with E-state index in [1.165, 1.54) is 6.07 Å². The van der Waals surface area contributed by atoms with Crippen LogP contribution in [0.1, 0.15) is 16.0 Å². The van der Waals surface area contributed by atoms with Crippen molar-refractivity contribution in [2.24, 2.45) is 0 Å². The molecule has 13 heavy (non-hydrogen) atoms. The molecule has 1 aromatic rings. The van der Waals surface area contributed by atoms with Crippen molar-refractivity contribution in [2.45, 2.75) is 11.8 Å². The summed E-state index contributed by atoms with van der Waals surface area (Å²) in [6, 6.07) is 4.69. The Morgan fingerprint density at radius 3 is 2.54 bits per heavy atom. The average molecular weight is 220 g/mol. The van der Waals surface area contributed by atoms with Crippen LogP contribution >= 0.6 is 23.2 Å². The average Bonchev–Trinajstić information content (AvgIpc) is 2.04. The van der Waals surface area contributed by atoms with Crippen molar-refractivity contribution in [1.29, 1.82) is 0 Å². The van der Waals surface area contributed by atoms with E-state index in [9.17, 15) is 10.1 Å². The van der Waals surface area contributed by atoms with E-state index in [2.05, 4.69) is 0 Å². The Labute approximate surface area is 85.4 Å². The van der Waals surface area contributed by atoms with Crippen LogP contribution in [-0.2, 0) is 0 Å². The number of aryl methyl sites for hydroxylation is 1. The van der Waals surface area contributed by atoms with Gasteiger partial charge in [0.15, 0.2) is 0 Å². The van der Waals surface area contributed by atoms with Crippen LogP contribution in [0.3, 0.4) is 0 Å². The summed E-state index contributed by atoms with van der Waals surface area (Å²) >= 11 is 11.1. The summed E-state index contributed by atoms with van der Waals surface area (Å²) in [6.07, 6.45) is 0. The number of nitrogens with zero attached hydrogens (tertiary/aromatic N) is 1. The van der Waals surface area contributed by atoms with Crippen molar-refractivity contribution in [1.82, 2.24) is 0 Å². The first-order valence-electron chi connectivity index (χ1n) is 3.55. The van der Waals surface area contributed by atoms with Crippen LogP contribution in [0.25, 0.3) is 0 Å². The second-order valence-corrected chi connectivity index (χ2v) is 3.70. The lowest BCUT2D eigenvalue weighted by Gasteiger charge is -2.02. The fourth-order valence-electron chi connectivity index (χ4n) is 0.959. The summed E-state index contributed by atoms with van der Waals surface area (Å²) in [6.45, 7) is 1.67. The first-order valence-corrected chi connectivity index (χ1v) is 4.42. The molecule has 0 saturated heterocycles. The molecule has 0 spiro atoms. The van der Waals surface area contributed by atoms with Gasteiger partial charge in [-0.3, -0.25) is 10.1 Å². The van der Waals surface area contributed by atoms with E-state index < -0.39 is 9.76 Å². The lowest BCUT2D eigenvalue weighted by Crippen LogP contribution is -1.93. The van der Waals surface area contributed by atoms with Crippen LogP contribution in [0.15, 0.2) is 18.2 Å². The summed E-state index contributed by atoms with van der Waals surface area (Å²) < 4.78 is 0. The Balaban J connectivity index is 3.19. The minimum atomic E-state index is -0.723. The van der Waals surface area contributed by atoms with Gasteiger partial charge in [-0.05, 0) is 12.5 Å². The highest BCUT2D eigenvalue weighted by molar-refractivity contribution is 6.44. The highest BCUT2D eigenvalue weighted by atomic mass is 35.5. The van der Waals surface area contributed by atoms with E-state index in [0.717, 1.165) is 0 Å². The Morgan fingerprint density at radius 2 is 2.08 bits per heavy atom. The monoisotopic (exact) mass is 219 g/mol. The predicted octanol–water partition coefficient (Wildman–Crippen LogP) is 3.38. The molecule has 0 heterocycles. The minimum absolute atomic E-state index is 0.0452. The normalized spacial score (nSPS) is 10.5. The molecule has 0 aromatic heterocycles. The standard InChI is InChI=1S/C8H7Cl2NO2/c1-5-2-3-6(8(9)10)4-7(5)11(12)13/h2-4,8H,1H3. The third kappa shape index (κ3) is 2.32. The zero-order valence-corrected chi connectivity index (χ0v) is 8.34. The number of alkyl halides is 2. The fraction of sp³-hybridized carbons (Fsp3) is 0.250. The summed E-state index contributed by atoms with van der Waals surface area (Å²) in [4.78, 5) is 9.34. The molecule has 0 radical (unpaired) electrons. The molecular weight excluding hydrogens is 213 g/mol. The van der Waals surface area contributed by atoms with Gasteiger partial charge in [0.25, 0.3) is 5.69 Å². The van der Waals surface area contributed by atoms with Crippen LogP contribution < -0.4 is 0 Å². The van der Waals surface area contributed by atoms with Crippen LogP contribution in [0.5, 0.6) is 0 Å². The number of nitro groups is 1. The summed E-state index contributed by atoms with van der Waals surface area (Å²) in [5, 5.41) is 10.5. The van der Waals surface area contributed by atoms with Gasteiger partial charge in [-0.2, -0.15) is 0 Å². The number of hydrogen-bond acceptors (Lipinski definition) is 2. The van der Waals surface area contributed by atoms with Crippen molar-refractivity contribution in [3.8, 4) is 0 Å². The quantitative estimate of drug-likeness (QED) is 0.435. The molecule has 0 aliphatic heterocycles. The molecule has 3 nitrogen and oxygen atoms in total. The van der Waals surface area contributed by atoms with E-state index in [0.29, 0.717) is 11.1 Å². The molecule has 0 saturated carbocycles. The molecule has 0 amide bonds. The fourth-order valence-corrected chi connectivity index (χ4v) is 1.23. The van der Waals surface area contributed by atoms with Gasteiger partial charge >= 0.3 is 0 Å². The molecular formula is C8H7Cl2NO2. The van der Waals surface area contributed by atoms with E-state index >= 15 is 0 Å². The van der Waals surface area contributed by atoms with Gasteiger partial charge in [0.05, 0.1) is 4.92 Å². The van der Waals surface area contributed by atoms with E-state index in [1.54, 1.807) is 19.1 Å². The zero-order chi connectivity index (χ0) is 10.0. The molecule has 70 valence electrons.